The van der Waals surface area contributed by atoms with Crippen molar-refractivity contribution in [1.29, 1.82) is 0 Å². The van der Waals surface area contributed by atoms with Crippen LogP contribution in [0.5, 0.6) is 0 Å². The van der Waals surface area contributed by atoms with Crippen LogP contribution in [0.3, 0.4) is 0 Å². The first-order valence-electron chi connectivity index (χ1n) is 5.95. The van der Waals surface area contributed by atoms with E-state index in [2.05, 4.69) is 37.9 Å². The van der Waals surface area contributed by atoms with Gasteiger partial charge in [-0.3, -0.25) is 4.79 Å². The van der Waals surface area contributed by atoms with Crippen molar-refractivity contribution in [1.82, 2.24) is 4.98 Å². The van der Waals surface area contributed by atoms with E-state index in [0.717, 1.165) is 22.6 Å². The Bertz CT molecular complexity index is 561. The molecule has 0 aliphatic rings. The standard InChI is InChI=1S/C15H17NOS/c1-10-16-14(13(9-17)18-10)11-5-7-12(8-6-11)15(2,3)4/h5-9H,1-4H3. The van der Waals surface area contributed by atoms with Crippen LogP contribution in [0.15, 0.2) is 24.3 Å². The Balaban J connectivity index is 2.43. The van der Waals surface area contributed by atoms with Gasteiger partial charge in [-0.25, -0.2) is 4.98 Å². The van der Waals surface area contributed by atoms with Gasteiger partial charge in [-0.2, -0.15) is 0 Å². The number of aryl methyl sites for hydroxylation is 1. The van der Waals surface area contributed by atoms with Gasteiger partial charge in [-0.05, 0) is 17.9 Å². The lowest BCUT2D eigenvalue weighted by Gasteiger charge is -2.18. The molecule has 2 nitrogen and oxygen atoms in total. The summed E-state index contributed by atoms with van der Waals surface area (Å²) >= 11 is 1.44. The van der Waals surface area contributed by atoms with Gasteiger partial charge in [-0.15, -0.1) is 11.3 Å². The van der Waals surface area contributed by atoms with Crippen molar-refractivity contribution in [2.24, 2.45) is 0 Å². The Labute approximate surface area is 112 Å². The molecule has 0 atom stereocenters. The molecule has 0 bridgehead atoms. The average molecular weight is 259 g/mol. The number of hydrogen-bond donors (Lipinski definition) is 0. The maximum absolute atomic E-state index is 11.0. The lowest BCUT2D eigenvalue weighted by molar-refractivity contribution is 0.112. The Morgan fingerprint density at radius 3 is 2.28 bits per heavy atom. The molecule has 0 radical (unpaired) electrons. The van der Waals surface area contributed by atoms with Crippen LogP contribution in [0.25, 0.3) is 11.3 Å². The second kappa shape index (κ2) is 4.65. The molecule has 3 heteroatoms. The molecule has 0 saturated heterocycles. The normalized spacial score (nSPS) is 11.6. The van der Waals surface area contributed by atoms with E-state index in [0.29, 0.717) is 4.88 Å². The summed E-state index contributed by atoms with van der Waals surface area (Å²) in [4.78, 5) is 16.1. The number of hydrogen-bond acceptors (Lipinski definition) is 3. The van der Waals surface area contributed by atoms with E-state index < -0.39 is 0 Å². The van der Waals surface area contributed by atoms with Crippen LogP contribution in [0, 0.1) is 6.92 Å². The third-order valence-corrected chi connectivity index (χ3v) is 3.79. The third kappa shape index (κ3) is 2.51. The molecule has 0 aliphatic heterocycles. The molecule has 0 N–H and O–H groups in total. The number of thiazole rings is 1. The van der Waals surface area contributed by atoms with E-state index in [-0.39, 0.29) is 5.41 Å². The van der Waals surface area contributed by atoms with Crippen LogP contribution in [-0.4, -0.2) is 11.3 Å². The Hall–Kier alpha value is -1.48. The second-order valence-corrected chi connectivity index (χ2v) is 6.63. The molecule has 1 heterocycles. The van der Waals surface area contributed by atoms with Gasteiger partial charge in [0.05, 0.1) is 15.6 Å². The molecular weight excluding hydrogens is 242 g/mol. The maximum atomic E-state index is 11.0. The Kier molecular flexibility index (Phi) is 3.35. The van der Waals surface area contributed by atoms with Gasteiger partial charge in [0, 0.05) is 5.56 Å². The summed E-state index contributed by atoms with van der Waals surface area (Å²) in [6.07, 6.45) is 0.887. The summed E-state index contributed by atoms with van der Waals surface area (Å²) in [6, 6.07) is 8.31. The molecule has 18 heavy (non-hydrogen) atoms. The molecule has 0 aliphatic carbocycles. The molecule has 94 valence electrons. The molecule has 0 unspecified atom stereocenters. The summed E-state index contributed by atoms with van der Waals surface area (Å²) in [5, 5.41) is 0.923. The van der Waals surface area contributed by atoms with Gasteiger partial charge < -0.3 is 0 Å². The lowest BCUT2D eigenvalue weighted by atomic mass is 9.86. The highest BCUT2D eigenvalue weighted by atomic mass is 32.1. The van der Waals surface area contributed by atoms with E-state index in [1.807, 2.05) is 19.1 Å². The van der Waals surface area contributed by atoms with Gasteiger partial charge in [0.25, 0.3) is 0 Å². The van der Waals surface area contributed by atoms with Gasteiger partial charge in [0.15, 0.2) is 6.29 Å². The molecule has 0 saturated carbocycles. The van der Waals surface area contributed by atoms with Crippen molar-refractivity contribution in [2.75, 3.05) is 0 Å². The molecule has 2 rings (SSSR count). The zero-order valence-corrected chi connectivity index (χ0v) is 12.0. The molecule has 1 aromatic carbocycles. The van der Waals surface area contributed by atoms with Crippen LogP contribution in [-0.2, 0) is 5.41 Å². The van der Waals surface area contributed by atoms with Crippen molar-refractivity contribution in [3.05, 3.63) is 39.7 Å². The van der Waals surface area contributed by atoms with Crippen molar-refractivity contribution in [2.45, 2.75) is 33.1 Å². The fourth-order valence-electron chi connectivity index (χ4n) is 1.86. The topological polar surface area (TPSA) is 30.0 Å². The molecule has 2 aromatic rings. The zero-order valence-electron chi connectivity index (χ0n) is 11.2. The van der Waals surface area contributed by atoms with E-state index in [9.17, 15) is 4.79 Å². The molecule has 0 amide bonds. The first kappa shape index (κ1) is 13.0. The first-order valence-corrected chi connectivity index (χ1v) is 6.77. The third-order valence-electron chi connectivity index (χ3n) is 2.89. The second-order valence-electron chi connectivity index (χ2n) is 5.39. The van der Waals surface area contributed by atoms with Crippen molar-refractivity contribution in [3.63, 3.8) is 0 Å². The summed E-state index contributed by atoms with van der Waals surface area (Å²) in [7, 11) is 0. The van der Waals surface area contributed by atoms with E-state index in [4.69, 9.17) is 0 Å². The van der Waals surface area contributed by atoms with Crippen LogP contribution in [0.2, 0.25) is 0 Å². The number of rotatable bonds is 2. The minimum Gasteiger partial charge on any atom is -0.297 e. The van der Waals surface area contributed by atoms with Gasteiger partial charge in [-0.1, -0.05) is 45.0 Å². The number of aromatic nitrogens is 1. The predicted molar refractivity (Wildman–Crippen MR) is 76.4 cm³/mol. The summed E-state index contributed by atoms with van der Waals surface area (Å²) < 4.78 is 0. The van der Waals surface area contributed by atoms with Crippen LogP contribution in [0.4, 0.5) is 0 Å². The molecule has 1 aromatic heterocycles. The van der Waals surface area contributed by atoms with Gasteiger partial charge in [0.1, 0.15) is 0 Å². The summed E-state index contributed by atoms with van der Waals surface area (Å²) in [6.45, 7) is 8.48. The Morgan fingerprint density at radius 2 is 1.78 bits per heavy atom. The van der Waals surface area contributed by atoms with Gasteiger partial charge in [0.2, 0.25) is 0 Å². The average Bonchev–Trinajstić information content (AvgIpc) is 2.69. The van der Waals surface area contributed by atoms with Gasteiger partial charge >= 0.3 is 0 Å². The minimum absolute atomic E-state index is 0.143. The van der Waals surface area contributed by atoms with Crippen molar-refractivity contribution in [3.8, 4) is 11.3 Å². The fourth-order valence-corrected chi connectivity index (χ4v) is 2.62. The quantitative estimate of drug-likeness (QED) is 0.755. The SMILES string of the molecule is Cc1nc(-c2ccc(C(C)(C)C)cc2)c(C=O)s1. The first-order chi connectivity index (χ1) is 8.41. The highest BCUT2D eigenvalue weighted by Gasteiger charge is 2.15. The molecule has 0 fully saturated rings. The molecule has 0 spiro atoms. The smallest absolute Gasteiger partial charge is 0.162 e. The fraction of sp³-hybridized carbons (Fsp3) is 0.333. The van der Waals surface area contributed by atoms with Crippen LogP contribution < -0.4 is 0 Å². The van der Waals surface area contributed by atoms with E-state index in [1.54, 1.807) is 0 Å². The van der Waals surface area contributed by atoms with Crippen molar-refractivity contribution >= 4 is 17.6 Å². The predicted octanol–water partition coefficient (Wildman–Crippen LogP) is 4.23. The van der Waals surface area contributed by atoms with Crippen LogP contribution >= 0.6 is 11.3 Å². The number of aldehydes is 1. The van der Waals surface area contributed by atoms with E-state index in [1.165, 1.54) is 16.9 Å². The van der Waals surface area contributed by atoms with E-state index >= 15 is 0 Å². The number of carbonyl (C=O) groups is 1. The summed E-state index contributed by atoms with van der Waals surface area (Å²) in [5.41, 5.74) is 3.23. The largest absolute Gasteiger partial charge is 0.297 e. The highest BCUT2D eigenvalue weighted by molar-refractivity contribution is 7.13. The highest BCUT2D eigenvalue weighted by Crippen LogP contribution is 2.29. The number of benzene rings is 1. The maximum Gasteiger partial charge on any atom is 0.162 e. The molecular formula is C15H17NOS. The van der Waals surface area contributed by atoms with Crippen LogP contribution in [0.1, 0.15) is 41.0 Å². The minimum atomic E-state index is 0.143. The lowest BCUT2D eigenvalue weighted by Crippen LogP contribution is -2.10. The monoisotopic (exact) mass is 259 g/mol. The number of carbonyl (C=O) groups excluding carboxylic acids is 1. The number of nitrogens with zero attached hydrogens (tertiary/aromatic N) is 1. The summed E-state index contributed by atoms with van der Waals surface area (Å²) in [5.74, 6) is 0. The van der Waals surface area contributed by atoms with Crippen molar-refractivity contribution < 1.29 is 4.79 Å². The Morgan fingerprint density at radius 1 is 1.17 bits per heavy atom. The zero-order chi connectivity index (χ0) is 13.3.